The van der Waals surface area contributed by atoms with Gasteiger partial charge in [0, 0.05) is 16.7 Å². The van der Waals surface area contributed by atoms with E-state index < -0.39 is 5.60 Å². The quantitative estimate of drug-likeness (QED) is 0.471. The Morgan fingerprint density at radius 2 is 1.56 bits per heavy atom. The second kappa shape index (κ2) is 5.80. The van der Waals surface area contributed by atoms with Crippen molar-refractivity contribution in [3.63, 3.8) is 0 Å². The molecule has 0 atom stereocenters. The van der Waals surface area contributed by atoms with Crippen LogP contribution >= 0.6 is 11.6 Å². The number of hydrogen-bond donors (Lipinski definition) is 1. The maximum absolute atomic E-state index is 10.5. The molecule has 4 heteroatoms. The van der Waals surface area contributed by atoms with Crippen LogP contribution in [0.1, 0.15) is 19.4 Å². The maximum Gasteiger partial charge on any atom is 0.177 e. The average molecular weight is 353 g/mol. The lowest BCUT2D eigenvalue weighted by Crippen LogP contribution is -2.16. The van der Waals surface area contributed by atoms with Crippen LogP contribution in [0.5, 0.6) is 23.0 Å². The number of benzene rings is 3. The standard InChI is InChI=1S/C21H17ClO3/c1-21(2,23)16-8-4-3-6-14(16)15-7-5-9-18-20(15)25-17-11-10-13(22)12-19(17)24-18/h3-12,23H,1-2H3. The Hall–Kier alpha value is -2.49. The molecule has 1 N–H and O–H groups in total. The van der Waals surface area contributed by atoms with Crippen molar-refractivity contribution in [3.8, 4) is 34.1 Å². The number of fused-ring (bicyclic) bond motifs is 2. The molecular formula is C21H17ClO3. The fourth-order valence-electron chi connectivity index (χ4n) is 3.04. The molecule has 1 heterocycles. The van der Waals surface area contributed by atoms with Gasteiger partial charge in [-0.05, 0) is 43.2 Å². The van der Waals surface area contributed by atoms with E-state index in [4.69, 9.17) is 21.1 Å². The highest BCUT2D eigenvalue weighted by Gasteiger charge is 2.26. The molecule has 0 amide bonds. The zero-order chi connectivity index (χ0) is 17.6. The number of rotatable bonds is 2. The van der Waals surface area contributed by atoms with Gasteiger partial charge in [0.1, 0.15) is 0 Å². The fraction of sp³-hybridized carbons (Fsp3) is 0.143. The van der Waals surface area contributed by atoms with E-state index in [1.54, 1.807) is 32.0 Å². The first-order chi connectivity index (χ1) is 11.9. The first-order valence-corrected chi connectivity index (χ1v) is 8.42. The Balaban J connectivity index is 1.88. The SMILES string of the molecule is CC(C)(O)c1ccccc1-c1cccc2c1Oc1ccc(Cl)cc1O2. The Labute approximate surface area is 151 Å². The van der Waals surface area contributed by atoms with Gasteiger partial charge in [0.15, 0.2) is 23.0 Å². The first kappa shape index (κ1) is 16.0. The van der Waals surface area contributed by atoms with Crippen LogP contribution in [-0.2, 0) is 5.60 Å². The molecule has 0 fully saturated rings. The van der Waals surface area contributed by atoms with E-state index in [0.717, 1.165) is 16.7 Å². The van der Waals surface area contributed by atoms with Crippen molar-refractivity contribution in [3.05, 3.63) is 71.2 Å². The molecule has 0 saturated heterocycles. The molecular weight excluding hydrogens is 336 g/mol. The Bertz CT molecular complexity index is 958. The van der Waals surface area contributed by atoms with Gasteiger partial charge in [-0.25, -0.2) is 0 Å². The van der Waals surface area contributed by atoms with Gasteiger partial charge in [0.25, 0.3) is 0 Å². The molecule has 1 aliphatic rings. The minimum atomic E-state index is -0.972. The summed E-state index contributed by atoms with van der Waals surface area (Å²) in [6, 6.07) is 18.8. The van der Waals surface area contributed by atoms with E-state index in [-0.39, 0.29) is 0 Å². The summed E-state index contributed by atoms with van der Waals surface area (Å²) in [5.74, 6) is 2.46. The van der Waals surface area contributed by atoms with E-state index in [0.29, 0.717) is 28.0 Å². The highest BCUT2D eigenvalue weighted by atomic mass is 35.5. The summed E-state index contributed by atoms with van der Waals surface area (Å²) < 4.78 is 12.1. The lowest BCUT2D eigenvalue weighted by Gasteiger charge is -2.26. The number of aliphatic hydroxyl groups is 1. The van der Waals surface area contributed by atoms with Crippen LogP contribution < -0.4 is 9.47 Å². The molecule has 3 nitrogen and oxygen atoms in total. The molecule has 3 aromatic rings. The van der Waals surface area contributed by atoms with E-state index in [9.17, 15) is 5.11 Å². The second-order valence-corrected chi connectivity index (χ2v) is 6.97. The highest BCUT2D eigenvalue weighted by molar-refractivity contribution is 6.30. The fourth-order valence-corrected chi connectivity index (χ4v) is 3.20. The van der Waals surface area contributed by atoms with E-state index in [1.807, 2.05) is 42.5 Å². The summed E-state index contributed by atoms with van der Waals surface area (Å²) in [7, 11) is 0. The average Bonchev–Trinajstić information content (AvgIpc) is 2.58. The van der Waals surface area contributed by atoms with Crippen molar-refractivity contribution in [2.75, 3.05) is 0 Å². The Kier molecular flexibility index (Phi) is 3.71. The predicted octanol–water partition coefficient (Wildman–Crippen LogP) is 6.13. The molecule has 3 aromatic carbocycles. The van der Waals surface area contributed by atoms with Gasteiger partial charge in [-0.3, -0.25) is 0 Å². The molecule has 0 aromatic heterocycles. The van der Waals surface area contributed by atoms with Crippen molar-refractivity contribution in [2.24, 2.45) is 0 Å². The predicted molar refractivity (Wildman–Crippen MR) is 98.7 cm³/mol. The third kappa shape index (κ3) is 2.86. The largest absolute Gasteiger partial charge is 0.449 e. The van der Waals surface area contributed by atoms with Crippen LogP contribution in [0.4, 0.5) is 0 Å². The molecule has 25 heavy (non-hydrogen) atoms. The van der Waals surface area contributed by atoms with Gasteiger partial charge >= 0.3 is 0 Å². The molecule has 0 saturated carbocycles. The molecule has 126 valence electrons. The van der Waals surface area contributed by atoms with E-state index in [1.165, 1.54) is 0 Å². The Morgan fingerprint density at radius 3 is 2.36 bits per heavy atom. The van der Waals surface area contributed by atoms with Gasteiger partial charge in [0.05, 0.1) is 5.60 Å². The van der Waals surface area contributed by atoms with Gasteiger partial charge in [-0.1, -0.05) is 48.0 Å². The summed E-state index contributed by atoms with van der Waals surface area (Å²) in [6.07, 6.45) is 0. The van der Waals surface area contributed by atoms with Crippen molar-refractivity contribution in [1.29, 1.82) is 0 Å². The van der Waals surface area contributed by atoms with Crippen molar-refractivity contribution >= 4 is 11.6 Å². The molecule has 1 aliphatic heterocycles. The smallest absolute Gasteiger partial charge is 0.177 e. The summed E-state index contributed by atoms with van der Waals surface area (Å²) >= 11 is 6.04. The summed E-state index contributed by atoms with van der Waals surface area (Å²) in [5, 5.41) is 11.1. The third-order valence-electron chi connectivity index (χ3n) is 4.19. The molecule has 4 rings (SSSR count). The molecule has 0 unspecified atom stereocenters. The highest BCUT2D eigenvalue weighted by Crippen LogP contribution is 2.51. The van der Waals surface area contributed by atoms with E-state index in [2.05, 4.69) is 0 Å². The normalized spacial score (nSPS) is 12.6. The summed E-state index contributed by atoms with van der Waals surface area (Å²) in [4.78, 5) is 0. The zero-order valence-electron chi connectivity index (χ0n) is 13.9. The number of halogens is 1. The molecule has 0 bridgehead atoms. The summed E-state index contributed by atoms with van der Waals surface area (Å²) in [6.45, 7) is 3.55. The van der Waals surface area contributed by atoms with Crippen molar-refractivity contribution in [2.45, 2.75) is 19.4 Å². The second-order valence-electron chi connectivity index (χ2n) is 6.53. The third-order valence-corrected chi connectivity index (χ3v) is 4.43. The van der Waals surface area contributed by atoms with Crippen LogP contribution in [-0.4, -0.2) is 5.11 Å². The van der Waals surface area contributed by atoms with Crippen LogP contribution in [0.25, 0.3) is 11.1 Å². The summed E-state index contributed by atoms with van der Waals surface area (Å²) in [5.41, 5.74) is 1.64. The minimum absolute atomic E-state index is 0.591. The van der Waals surface area contributed by atoms with Crippen molar-refractivity contribution < 1.29 is 14.6 Å². The molecule has 0 aliphatic carbocycles. The van der Waals surface area contributed by atoms with Crippen LogP contribution in [0.15, 0.2) is 60.7 Å². The lowest BCUT2D eigenvalue weighted by atomic mass is 9.89. The minimum Gasteiger partial charge on any atom is -0.449 e. The van der Waals surface area contributed by atoms with Gasteiger partial charge in [-0.2, -0.15) is 0 Å². The lowest BCUT2D eigenvalue weighted by molar-refractivity contribution is 0.0792. The first-order valence-electron chi connectivity index (χ1n) is 8.04. The number of hydrogen-bond acceptors (Lipinski definition) is 3. The van der Waals surface area contributed by atoms with Crippen LogP contribution in [0, 0.1) is 0 Å². The molecule has 0 radical (unpaired) electrons. The van der Waals surface area contributed by atoms with Gasteiger partial charge < -0.3 is 14.6 Å². The zero-order valence-corrected chi connectivity index (χ0v) is 14.7. The maximum atomic E-state index is 10.5. The molecule has 0 spiro atoms. The van der Waals surface area contributed by atoms with Crippen molar-refractivity contribution in [1.82, 2.24) is 0 Å². The Morgan fingerprint density at radius 1 is 0.800 bits per heavy atom. The number of para-hydroxylation sites is 1. The van der Waals surface area contributed by atoms with Gasteiger partial charge in [-0.15, -0.1) is 0 Å². The van der Waals surface area contributed by atoms with Gasteiger partial charge in [0.2, 0.25) is 0 Å². The van der Waals surface area contributed by atoms with Crippen LogP contribution in [0.3, 0.4) is 0 Å². The number of ether oxygens (including phenoxy) is 2. The van der Waals surface area contributed by atoms with E-state index >= 15 is 0 Å². The topological polar surface area (TPSA) is 38.7 Å². The van der Waals surface area contributed by atoms with Crippen LogP contribution in [0.2, 0.25) is 5.02 Å². The monoisotopic (exact) mass is 352 g/mol.